The molecule has 1 aromatic carbocycles. The second kappa shape index (κ2) is 6.31. The first kappa shape index (κ1) is 15.9. The van der Waals surface area contributed by atoms with Crippen LogP contribution in [-0.4, -0.2) is 56.2 Å². The minimum atomic E-state index is -4.05. The van der Waals surface area contributed by atoms with Crippen molar-refractivity contribution in [2.24, 2.45) is 0 Å². The summed E-state index contributed by atoms with van der Waals surface area (Å²) >= 11 is 0. The average molecular weight is 291 g/mol. The van der Waals surface area contributed by atoms with Crippen molar-refractivity contribution in [3.05, 3.63) is 24.3 Å². The zero-order valence-electron chi connectivity index (χ0n) is 10.4. The summed E-state index contributed by atoms with van der Waals surface area (Å²) in [5.41, 5.74) is -1.72. The van der Waals surface area contributed by atoms with Crippen molar-refractivity contribution in [2.75, 3.05) is 26.9 Å². The van der Waals surface area contributed by atoms with Crippen molar-refractivity contribution >= 4 is 10.0 Å². The molecule has 0 unspecified atom stereocenters. The van der Waals surface area contributed by atoms with E-state index in [1.54, 1.807) is 6.07 Å². The molecular formula is C11H17NO6S. The Balaban J connectivity index is 3.18. The minimum absolute atomic E-state index is 0.123. The smallest absolute Gasteiger partial charge is 0.245 e. The maximum absolute atomic E-state index is 12.2. The van der Waals surface area contributed by atoms with Gasteiger partial charge in [-0.1, -0.05) is 12.1 Å². The molecule has 0 saturated carbocycles. The zero-order chi connectivity index (χ0) is 14.5. The lowest BCUT2D eigenvalue weighted by atomic mass is 10.1. The quantitative estimate of drug-likeness (QED) is 0.496. The Hall–Kier alpha value is -1.19. The van der Waals surface area contributed by atoms with E-state index >= 15 is 0 Å². The van der Waals surface area contributed by atoms with Gasteiger partial charge in [0.25, 0.3) is 0 Å². The molecule has 0 aliphatic carbocycles. The molecule has 0 aromatic heterocycles. The number of hydrogen-bond donors (Lipinski definition) is 4. The minimum Gasteiger partial charge on any atom is -0.495 e. The van der Waals surface area contributed by atoms with Gasteiger partial charge in [0.05, 0.1) is 26.9 Å². The van der Waals surface area contributed by atoms with E-state index in [9.17, 15) is 8.42 Å². The summed E-state index contributed by atoms with van der Waals surface area (Å²) in [6.07, 6.45) is 0. The fourth-order valence-corrected chi connectivity index (χ4v) is 2.98. The van der Waals surface area contributed by atoms with Gasteiger partial charge in [0.1, 0.15) is 16.2 Å². The highest BCUT2D eigenvalue weighted by Gasteiger charge is 2.34. The molecule has 0 fully saturated rings. The maximum atomic E-state index is 12.2. The third kappa shape index (κ3) is 3.43. The standard InChI is InChI=1S/C11H17NO6S/c1-18-9-4-2-3-5-10(9)19(16,17)12-11(6-13,7-14)8-15/h2-5,12-15H,6-8H2,1H3. The fourth-order valence-electron chi connectivity index (χ4n) is 1.43. The summed E-state index contributed by atoms with van der Waals surface area (Å²) in [7, 11) is -2.73. The Morgan fingerprint density at radius 1 is 1.16 bits per heavy atom. The molecule has 0 bridgehead atoms. The molecule has 0 radical (unpaired) electrons. The van der Waals surface area contributed by atoms with Crippen LogP contribution in [-0.2, 0) is 10.0 Å². The lowest BCUT2D eigenvalue weighted by molar-refractivity contribution is 0.0581. The molecule has 0 spiro atoms. The Morgan fingerprint density at radius 2 is 1.68 bits per heavy atom. The van der Waals surface area contributed by atoms with Gasteiger partial charge in [-0.15, -0.1) is 0 Å². The molecule has 108 valence electrons. The zero-order valence-corrected chi connectivity index (χ0v) is 11.2. The van der Waals surface area contributed by atoms with Crippen molar-refractivity contribution in [1.29, 1.82) is 0 Å². The lowest BCUT2D eigenvalue weighted by Crippen LogP contribution is -2.56. The third-order valence-corrected chi connectivity index (χ3v) is 4.24. The highest BCUT2D eigenvalue weighted by atomic mass is 32.2. The Labute approximate surface area is 111 Å². The summed E-state index contributed by atoms with van der Waals surface area (Å²) in [5.74, 6) is 0.123. The summed E-state index contributed by atoms with van der Waals surface area (Å²) in [4.78, 5) is -0.141. The van der Waals surface area contributed by atoms with E-state index in [0.29, 0.717) is 0 Å². The van der Waals surface area contributed by atoms with Gasteiger partial charge in [0.2, 0.25) is 10.0 Å². The Kier molecular flexibility index (Phi) is 5.27. The van der Waals surface area contributed by atoms with Crippen LogP contribution in [0.4, 0.5) is 0 Å². The van der Waals surface area contributed by atoms with E-state index < -0.39 is 35.4 Å². The fraction of sp³-hybridized carbons (Fsp3) is 0.455. The predicted octanol–water partition coefficient (Wildman–Crippen LogP) is -1.31. The lowest BCUT2D eigenvalue weighted by Gasteiger charge is -2.28. The summed E-state index contributed by atoms with van der Waals surface area (Å²) in [5, 5.41) is 27.4. The topological polar surface area (TPSA) is 116 Å². The van der Waals surface area contributed by atoms with Crippen LogP contribution in [0.1, 0.15) is 0 Å². The van der Waals surface area contributed by atoms with Crippen LogP contribution in [0.2, 0.25) is 0 Å². The first-order valence-corrected chi connectivity index (χ1v) is 6.92. The normalized spacial score (nSPS) is 12.4. The molecule has 0 atom stereocenters. The highest BCUT2D eigenvalue weighted by Crippen LogP contribution is 2.23. The first-order chi connectivity index (χ1) is 8.94. The van der Waals surface area contributed by atoms with Crippen molar-refractivity contribution < 1.29 is 28.5 Å². The number of benzene rings is 1. The number of ether oxygens (including phenoxy) is 1. The Morgan fingerprint density at radius 3 is 2.16 bits per heavy atom. The molecular weight excluding hydrogens is 274 g/mol. The Bertz CT molecular complexity index is 503. The summed E-state index contributed by atoms with van der Waals surface area (Å²) in [6, 6.07) is 5.90. The van der Waals surface area contributed by atoms with Crippen molar-refractivity contribution in [3.8, 4) is 5.75 Å². The molecule has 0 aliphatic rings. The third-order valence-electron chi connectivity index (χ3n) is 2.62. The van der Waals surface area contributed by atoms with Gasteiger partial charge >= 0.3 is 0 Å². The number of sulfonamides is 1. The van der Waals surface area contributed by atoms with Crippen molar-refractivity contribution in [1.82, 2.24) is 4.72 Å². The van der Waals surface area contributed by atoms with Crippen LogP contribution in [0.15, 0.2) is 29.2 Å². The van der Waals surface area contributed by atoms with Crippen LogP contribution >= 0.6 is 0 Å². The molecule has 4 N–H and O–H groups in total. The van der Waals surface area contributed by atoms with Crippen LogP contribution in [0.3, 0.4) is 0 Å². The molecule has 8 heteroatoms. The largest absolute Gasteiger partial charge is 0.495 e. The van der Waals surface area contributed by atoms with E-state index in [0.717, 1.165) is 0 Å². The number of aliphatic hydroxyl groups is 3. The van der Waals surface area contributed by atoms with Crippen LogP contribution in [0.5, 0.6) is 5.75 Å². The molecule has 0 saturated heterocycles. The molecule has 7 nitrogen and oxygen atoms in total. The second-order valence-electron chi connectivity index (χ2n) is 4.01. The van der Waals surface area contributed by atoms with E-state index in [4.69, 9.17) is 20.1 Å². The first-order valence-electron chi connectivity index (χ1n) is 5.44. The van der Waals surface area contributed by atoms with Gasteiger partial charge in [-0.25, -0.2) is 8.42 Å². The number of nitrogens with one attached hydrogen (secondary N) is 1. The number of para-hydroxylation sites is 1. The van der Waals surface area contributed by atoms with Crippen molar-refractivity contribution in [3.63, 3.8) is 0 Å². The second-order valence-corrected chi connectivity index (χ2v) is 5.66. The monoisotopic (exact) mass is 291 g/mol. The van der Waals surface area contributed by atoms with Crippen LogP contribution < -0.4 is 9.46 Å². The van der Waals surface area contributed by atoms with Crippen LogP contribution in [0.25, 0.3) is 0 Å². The molecule has 1 rings (SSSR count). The van der Waals surface area contributed by atoms with Gasteiger partial charge in [-0.3, -0.25) is 0 Å². The maximum Gasteiger partial charge on any atom is 0.245 e. The van der Waals surface area contributed by atoms with E-state index in [-0.39, 0.29) is 10.6 Å². The molecule has 0 amide bonds. The van der Waals surface area contributed by atoms with E-state index in [2.05, 4.69) is 4.72 Å². The summed E-state index contributed by atoms with van der Waals surface area (Å²) in [6.45, 7) is -2.23. The van der Waals surface area contributed by atoms with Gasteiger partial charge < -0.3 is 20.1 Å². The predicted molar refractivity (Wildman–Crippen MR) is 67.3 cm³/mol. The number of aliphatic hydroxyl groups excluding tert-OH is 3. The van der Waals surface area contributed by atoms with E-state index in [1.165, 1.54) is 25.3 Å². The van der Waals surface area contributed by atoms with E-state index in [1.807, 2.05) is 0 Å². The number of hydrogen-bond acceptors (Lipinski definition) is 6. The summed E-state index contributed by atoms with van der Waals surface area (Å²) < 4.78 is 31.4. The SMILES string of the molecule is COc1ccccc1S(=O)(=O)NC(CO)(CO)CO. The van der Waals surface area contributed by atoms with Gasteiger partial charge in [0, 0.05) is 0 Å². The molecule has 19 heavy (non-hydrogen) atoms. The number of rotatable bonds is 7. The average Bonchev–Trinajstić information content (AvgIpc) is 2.45. The van der Waals surface area contributed by atoms with Gasteiger partial charge in [0.15, 0.2) is 0 Å². The van der Waals surface area contributed by atoms with Gasteiger partial charge in [-0.2, -0.15) is 4.72 Å². The molecule has 1 aromatic rings. The molecule has 0 aliphatic heterocycles. The number of methoxy groups -OCH3 is 1. The molecule has 0 heterocycles. The van der Waals surface area contributed by atoms with Crippen molar-refractivity contribution in [2.45, 2.75) is 10.4 Å². The van der Waals surface area contributed by atoms with Crippen LogP contribution in [0, 0.1) is 0 Å². The highest BCUT2D eigenvalue weighted by molar-refractivity contribution is 7.89. The van der Waals surface area contributed by atoms with Gasteiger partial charge in [-0.05, 0) is 12.1 Å².